The Labute approximate surface area is 109 Å². The molecule has 0 aliphatic carbocycles. The van der Waals surface area contributed by atoms with Gasteiger partial charge in [0.05, 0.1) is 6.10 Å². The van der Waals surface area contributed by atoms with E-state index in [1.807, 2.05) is 38.9 Å². The van der Waals surface area contributed by atoms with Gasteiger partial charge in [-0.05, 0) is 58.6 Å². The minimum Gasteiger partial charge on any atom is -0.488 e. The van der Waals surface area contributed by atoms with Gasteiger partial charge in [0, 0.05) is 6.04 Å². The molecule has 0 fully saturated rings. The van der Waals surface area contributed by atoms with Crippen LogP contribution in [-0.4, -0.2) is 31.6 Å². The molecule has 0 saturated heterocycles. The van der Waals surface area contributed by atoms with Crippen LogP contribution >= 0.6 is 0 Å². The fourth-order valence-corrected chi connectivity index (χ4v) is 1.95. The molecule has 1 aromatic carbocycles. The fourth-order valence-electron chi connectivity index (χ4n) is 1.95. The molecule has 1 aromatic rings. The van der Waals surface area contributed by atoms with Crippen molar-refractivity contribution < 1.29 is 9.13 Å². The predicted octanol–water partition coefficient (Wildman–Crippen LogP) is 2.56. The topological polar surface area (TPSA) is 38.5 Å². The average molecular weight is 254 g/mol. The first-order chi connectivity index (χ1) is 8.45. The van der Waals surface area contributed by atoms with E-state index in [2.05, 4.69) is 0 Å². The summed E-state index contributed by atoms with van der Waals surface area (Å²) >= 11 is 0. The molecule has 2 N–H and O–H groups in total. The SMILES string of the molecule is CC(C)Oc1ccc(C(CCN)N(C)C)cc1F. The average Bonchev–Trinajstić information content (AvgIpc) is 2.28. The fraction of sp³-hybridized carbons (Fsp3) is 0.571. The Kier molecular flexibility index (Phi) is 5.56. The zero-order valence-electron chi connectivity index (χ0n) is 11.6. The Hall–Kier alpha value is -1.13. The van der Waals surface area contributed by atoms with Crippen LogP contribution in [0.1, 0.15) is 31.9 Å². The van der Waals surface area contributed by atoms with Gasteiger partial charge in [-0.3, -0.25) is 0 Å². The van der Waals surface area contributed by atoms with Crippen molar-refractivity contribution in [2.45, 2.75) is 32.4 Å². The Morgan fingerprint density at radius 2 is 2.00 bits per heavy atom. The molecule has 4 heteroatoms. The maximum Gasteiger partial charge on any atom is 0.165 e. The Morgan fingerprint density at radius 3 is 2.44 bits per heavy atom. The summed E-state index contributed by atoms with van der Waals surface area (Å²) in [6.07, 6.45) is 0.774. The van der Waals surface area contributed by atoms with Crippen molar-refractivity contribution in [2.75, 3.05) is 20.6 Å². The molecule has 0 amide bonds. The Morgan fingerprint density at radius 1 is 1.33 bits per heavy atom. The summed E-state index contributed by atoms with van der Waals surface area (Å²) in [5.41, 5.74) is 6.52. The van der Waals surface area contributed by atoms with Crippen LogP contribution in [0.4, 0.5) is 4.39 Å². The molecular weight excluding hydrogens is 231 g/mol. The summed E-state index contributed by atoms with van der Waals surface area (Å²) in [7, 11) is 3.94. The second-order valence-corrected chi connectivity index (χ2v) is 4.91. The van der Waals surface area contributed by atoms with Crippen LogP contribution in [0.2, 0.25) is 0 Å². The Bertz CT molecular complexity index is 380. The Balaban J connectivity index is 2.94. The van der Waals surface area contributed by atoms with Crippen LogP contribution in [0.5, 0.6) is 5.75 Å². The standard InChI is InChI=1S/C14H23FN2O/c1-10(2)18-14-6-5-11(9-12(14)15)13(7-8-16)17(3)4/h5-6,9-10,13H,7-8,16H2,1-4H3. The van der Waals surface area contributed by atoms with Crippen LogP contribution < -0.4 is 10.5 Å². The first-order valence-corrected chi connectivity index (χ1v) is 6.28. The summed E-state index contributed by atoms with van der Waals surface area (Å²) in [4.78, 5) is 2.05. The molecule has 0 spiro atoms. The zero-order valence-corrected chi connectivity index (χ0v) is 11.6. The molecule has 3 nitrogen and oxygen atoms in total. The molecule has 1 unspecified atom stereocenters. The van der Waals surface area contributed by atoms with E-state index in [0.717, 1.165) is 12.0 Å². The van der Waals surface area contributed by atoms with Gasteiger partial charge >= 0.3 is 0 Å². The van der Waals surface area contributed by atoms with Gasteiger partial charge in [0.1, 0.15) is 0 Å². The molecule has 0 aliphatic rings. The van der Waals surface area contributed by atoms with Gasteiger partial charge < -0.3 is 15.4 Å². The number of nitrogens with zero attached hydrogens (tertiary/aromatic N) is 1. The van der Waals surface area contributed by atoms with E-state index < -0.39 is 0 Å². The van der Waals surface area contributed by atoms with E-state index in [1.165, 1.54) is 6.07 Å². The van der Waals surface area contributed by atoms with Gasteiger partial charge in [0.2, 0.25) is 0 Å². The lowest BCUT2D eigenvalue weighted by molar-refractivity contribution is 0.230. The van der Waals surface area contributed by atoms with Gasteiger partial charge in [-0.2, -0.15) is 0 Å². The highest BCUT2D eigenvalue weighted by Gasteiger charge is 2.15. The van der Waals surface area contributed by atoms with Crippen molar-refractivity contribution in [2.24, 2.45) is 5.73 Å². The van der Waals surface area contributed by atoms with Crippen molar-refractivity contribution in [3.05, 3.63) is 29.6 Å². The lowest BCUT2D eigenvalue weighted by Crippen LogP contribution is -2.23. The van der Waals surface area contributed by atoms with Crippen molar-refractivity contribution in [3.8, 4) is 5.75 Å². The first kappa shape index (κ1) is 14.9. The molecule has 1 rings (SSSR count). The number of halogens is 1. The second-order valence-electron chi connectivity index (χ2n) is 4.91. The molecule has 0 aliphatic heterocycles. The summed E-state index contributed by atoms with van der Waals surface area (Å²) < 4.78 is 19.3. The van der Waals surface area contributed by atoms with Crippen molar-refractivity contribution in [3.63, 3.8) is 0 Å². The summed E-state index contributed by atoms with van der Waals surface area (Å²) in [5.74, 6) is -0.0101. The summed E-state index contributed by atoms with van der Waals surface area (Å²) in [5, 5.41) is 0. The van der Waals surface area contributed by atoms with E-state index in [0.29, 0.717) is 12.3 Å². The molecule has 0 heterocycles. The van der Waals surface area contributed by atoms with Gasteiger partial charge in [0.25, 0.3) is 0 Å². The quantitative estimate of drug-likeness (QED) is 0.848. The number of hydrogen-bond acceptors (Lipinski definition) is 3. The largest absolute Gasteiger partial charge is 0.488 e. The number of benzene rings is 1. The number of nitrogens with two attached hydrogens (primary N) is 1. The van der Waals surface area contributed by atoms with Crippen LogP contribution in [0.25, 0.3) is 0 Å². The zero-order chi connectivity index (χ0) is 13.7. The number of hydrogen-bond donors (Lipinski definition) is 1. The van der Waals surface area contributed by atoms with Gasteiger partial charge in [-0.15, -0.1) is 0 Å². The van der Waals surface area contributed by atoms with E-state index in [4.69, 9.17) is 10.5 Å². The molecule has 0 aromatic heterocycles. The minimum atomic E-state index is -0.315. The van der Waals surface area contributed by atoms with E-state index in [-0.39, 0.29) is 18.0 Å². The second kappa shape index (κ2) is 6.71. The number of rotatable bonds is 6. The van der Waals surface area contributed by atoms with E-state index in [9.17, 15) is 4.39 Å². The van der Waals surface area contributed by atoms with Gasteiger partial charge in [0.15, 0.2) is 11.6 Å². The van der Waals surface area contributed by atoms with E-state index >= 15 is 0 Å². The number of ether oxygens (including phenoxy) is 1. The maximum atomic E-state index is 13.9. The van der Waals surface area contributed by atoms with Crippen LogP contribution in [0, 0.1) is 5.82 Å². The van der Waals surface area contributed by atoms with E-state index in [1.54, 1.807) is 6.07 Å². The highest BCUT2D eigenvalue weighted by molar-refractivity contribution is 5.31. The minimum absolute atomic E-state index is 0.0287. The molecular formula is C14H23FN2O. The first-order valence-electron chi connectivity index (χ1n) is 6.28. The van der Waals surface area contributed by atoms with Gasteiger partial charge in [-0.1, -0.05) is 6.07 Å². The normalized spacial score (nSPS) is 13.1. The monoisotopic (exact) mass is 254 g/mol. The van der Waals surface area contributed by atoms with Crippen molar-refractivity contribution >= 4 is 0 Å². The smallest absolute Gasteiger partial charge is 0.165 e. The van der Waals surface area contributed by atoms with Crippen LogP contribution in [0.15, 0.2) is 18.2 Å². The highest BCUT2D eigenvalue weighted by Crippen LogP contribution is 2.26. The maximum absolute atomic E-state index is 13.9. The summed E-state index contributed by atoms with van der Waals surface area (Å²) in [6, 6.07) is 5.27. The van der Waals surface area contributed by atoms with Crippen LogP contribution in [0.3, 0.4) is 0 Å². The molecule has 0 saturated carbocycles. The third-order valence-electron chi connectivity index (χ3n) is 2.77. The molecule has 0 radical (unpaired) electrons. The predicted molar refractivity (Wildman–Crippen MR) is 72.3 cm³/mol. The molecule has 102 valence electrons. The van der Waals surface area contributed by atoms with Crippen LogP contribution in [-0.2, 0) is 0 Å². The third-order valence-corrected chi connectivity index (χ3v) is 2.77. The lowest BCUT2D eigenvalue weighted by Gasteiger charge is -2.24. The molecule has 1 atom stereocenters. The highest BCUT2D eigenvalue weighted by atomic mass is 19.1. The van der Waals surface area contributed by atoms with Crippen molar-refractivity contribution in [1.82, 2.24) is 4.90 Å². The lowest BCUT2D eigenvalue weighted by atomic mass is 10.0. The van der Waals surface area contributed by atoms with Gasteiger partial charge in [-0.25, -0.2) is 4.39 Å². The van der Waals surface area contributed by atoms with Crippen molar-refractivity contribution in [1.29, 1.82) is 0 Å². The third kappa shape index (κ3) is 3.96. The summed E-state index contributed by atoms with van der Waals surface area (Å²) in [6.45, 7) is 4.34. The molecule has 18 heavy (non-hydrogen) atoms. The molecule has 0 bridgehead atoms.